The molecule has 1 saturated carbocycles. The highest BCUT2D eigenvalue weighted by atomic mass is 35.5. The van der Waals surface area contributed by atoms with E-state index in [0.29, 0.717) is 13.0 Å². The van der Waals surface area contributed by atoms with Crippen LogP contribution in [-0.4, -0.2) is 34.5 Å². The third kappa shape index (κ3) is 5.83. The molecular weight excluding hydrogens is 525 g/mol. The first-order chi connectivity index (χ1) is 16.6. The lowest BCUT2D eigenvalue weighted by molar-refractivity contribution is -0.274. The summed E-state index contributed by atoms with van der Waals surface area (Å²) in [6, 6.07) is 6.58. The first-order valence-corrected chi connectivity index (χ1v) is 11.7. The molecule has 2 bridgehead atoms. The molecular formula is C25H23Cl2F4NO4. The zero-order chi connectivity index (χ0) is 24.9. The van der Waals surface area contributed by atoms with Crippen LogP contribution in [0, 0.1) is 5.82 Å². The number of alkyl halides is 3. The van der Waals surface area contributed by atoms with E-state index in [9.17, 15) is 27.5 Å². The molecule has 2 atom stereocenters. The monoisotopic (exact) mass is 547 g/mol. The molecule has 2 aromatic rings. The number of carboxylic acid groups (broad SMARTS) is 1. The highest BCUT2D eigenvalue weighted by Crippen LogP contribution is 2.44. The van der Waals surface area contributed by atoms with Crippen molar-refractivity contribution in [3.8, 4) is 11.5 Å². The Morgan fingerprint density at radius 2 is 1.83 bits per heavy atom. The molecule has 11 heteroatoms. The van der Waals surface area contributed by atoms with E-state index < -0.39 is 23.9 Å². The number of aromatic carboxylic acids is 1. The molecule has 1 saturated heterocycles. The van der Waals surface area contributed by atoms with Crippen LogP contribution in [0.5, 0.6) is 11.5 Å². The Morgan fingerprint density at radius 1 is 1.11 bits per heavy atom. The Morgan fingerprint density at radius 3 is 2.47 bits per heavy atom. The molecule has 0 spiro atoms. The van der Waals surface area contributed by atoms with Gasteiger partial charge in [-0.25, -0.2) is 9.18 Å². The van der Waals surface area contributed by atoms with Crippen LogP contribution >= 0.6 is 24.0 Å². The summed E-state index contributed by atoms with van der Waals surface area (Å²) in [5.41, 5.74) is 2.39. The number of rotatable bonds is 7. The first kappa shape index (κ1) is 26.4. The van der Waals surface area contributed by atoms with E-state index >= 15 is 0 Å². The van der Waals surface area contributed by atoms with Gasteiger partial charge in [0.2, 0.25) is 0 Å². The average molecular weight is 548 g/mol. The van der Waals surface area contributed by atoms with Crippen molar-refractivity contribution in [2.75, 3.05) is 0 Å². The van der Waals surface area contributed by atoms with Gasteiger partial charge in [0, 0.05) is 35.8 Å². The Labute approximate surface area is 216 Å². The van der Waals surface area contributed by atoms with E-state index in [2.05, 4.69) is 9.64 Å². The van der Waals surface area contributed by atoms with Crippen molar-refractivity contribution in [2.45, 2.75) is 63.1 Å². The van der Waals surface area contributed by atoms with Crippen LogP contribution in [0.25, 0.3) is 0 Å². The lowest BCUT2D eigenvalue weighted by atomic mass is 9.97. The molecule has 0 radical (unpaired) electrons. The van der Waals surface area contributed by atoms with Gasteiger partial charge >= 0.3 is 12.3 Å². The Kier molecular flexibility index (Phi) is 7.35. The summed E-state index contributed by atoms with van der Waals surface area (Å²) in [7, 11) is 0. The number of hydrogen-bond donors (Lipinski definition) is 1. The predicted octanol–water partition coefficient (Wildman–Crippen LogP) is 7.07. The van der Waals surface area contributed by atoms with Gasteiger partial charge in [0.25, 0.3) is 0 Å². The fourth-order valence-corrected chi connectivity index (χ4v) is 5.21. The molecule has 5 rings (SSSR count). The first-order valence-electron chi connectivity index (χ1n) is 11.3. The second kappa shape index (κ2) is 10.0. The van der Waals surface area contributed by atoms with E-state index in [1.807, 2.05) is 6.08 Å². The van der Waals surface area contributed by atoms with Crippen LogP contribution in [0.2, 0.25) is 5.02 Å². The molecule has 3 aliphatic rings. The molecule has 0 unspecified atom stereocenters. The van der Waals surface area contributed by atoms with E-state index in [1.165, 1.54) is 18.2 Å². The third-order valence-electron chi connectivity index (χ3n) is 6.61. The van der Waals surface area contributed by atoms with Gasteiger partial charge < -0.3 is 19.5 Å². The van der Waals surface area contributed by atoms with Crippen LogP contribution in [0.3, 0.4) is 0 Å². The number of carboxylic acids is 1. The summed E-state index contributed by atoms with van der Waals surface area (Å²) in [4.78, 5) is 13.6. The van der Waals surface area contributed by atoms with Crippen LogP contribution in [0.15, 0.2) is 42.1 Å². The average Bonchev–Trinajstić information content (AvgIpc) is 3.53. The molecule has 2 aliphatic heterocycles. The maximum atomic E-state index is 14.5. The normalized spacial score (nSPS) is 21.0. The number of hydrogen-bond acceptors (Lipinski definition) is 4. The van der Waals surface area contributed by atoms with Crippen LogP contribution in [0.1, 0.15) is 59.5 Å². The quantitative estimate of drug-likeness (QED) is 0.375. The van der Waals surface area contributed by atoms with Crippen molar-refractivity contribution in [3.05, 3.63) is 69.6 Å². The number of carbonyl (C=O) groups is 1. The van der Waals surface area contributed by atoms with Gasteiger partial charge in [-0.05, 0) is 73.1 Å². The summed E-state index contributed by atoms with van der Waals surface area (Å²) in [5.74, 6) is -2.04. The van der Waals surface area contributed by atoms with Gasteiger partial charge in [-0.15, -0.1) is 25.6 Å². The minimum atomic E-state index is -4.84. The maximum absolute atomic E-state index is 14.5. The van der Waals surface area contributed by atoms with Crippen LogP contribution < -0.4 is 9.47 Å². The number of ether oxygens (including phenoxy) is 2. The van der Waals surface area contributed by atoms with Gasteiger partial charge in [0.1, 0.15) is 23.4 Å². The smallest absolute Gasteiger partial charge is 0.486 e. The maximum Gasteiger partial charge on any atom is 0.573 e. The number of halogens is 6. The number of benzene rings is 2. The molecule has 194 valence electrons. The van der Waals surface area contributed by atoms with Gasteiger partial charge in [0.05, 0.1) is 5.56 Å². The van der Waals surface area contributed by atoms with Gasteiger partial charge in [-0.3, -0.25) is 0 Å². The highest BCUT2D eigenvalue weighted by molar-refractivity contribution is 6.30. The molecule has 5 nitrogen and oxygen atoms in total. The molecule has 2 heterocycles. The standard InChI is InChI=1S/C25H22ClF4NO4.ClH/c26-15-6-18(10-20(7-15)35-25(28,29)30)34-19-8-16-3-4-17(9-19)31(16)12-14-5-23(27)22(24(32)33)11-21(14)13-1-2-13;/h5-8,10-11,13,17,19H,1-4,9,12H2,(H,32,33);1H/t17-,19-;/m0./s1. The SMILES string of the molecule is Cl.O=C(O)c1cc(C2CC2)c(CN2C3=C[C@H](Oc4cc(Cl)cc(OC(F)(F)F)c4)C[C@@H]2CC3)cc1F. The lowest BCUT2D eigenvalue weighted by Crippen LogP contribution is -2.37. The van der Waals surface area contributed by atoms with Crippen LogP contribution in [0.4, 0.5) is 17.6 Å². The summed E-state index contributed by atoms with van der Waals surface area (Å²) >= 11 is 5.95. The highest BCUT2D eigenvalue weighted by Gasteiger charge is 2.37. The van der Waals surface area contributed by atoms with Gasteiger partial charge in [0.15, 0.2) is 0 Å². The van der Waals surface area contributed by atoms with E-state index in [1.54, 1.807) is 0 Å². The second-order valence-electron chi connectivity index (χ2n) is 9.15. The fraction of sp³-hybridized carbons (Fsp3) is 0.400. The summed E-state index contributed by atoms with van der Waals surface area (Å²) in [6.07, 6.45) is 0.928. The van der Waals surface area contributed by atoms with Crippen molar-refractivity contribution >= 4 is 30.0 Å². The Hall–Kier alpha value is -2.65. The van der Waals surface area contributed by atoms with Crippen molar-refractivity contribution in [2.24, 2.45) is 0 Å². The minimum Gasteiger partial charge on any atom is -0.486 e. The molecule has 1 N–H and O–H groups in total. The fourth-order valence-electron chi connectivity index (χ4n) is 5.00. The topological polar surface area (TPSA) is 59.0 Å². The number of fused-ring (bicyclic) bond motifs is 2. The van der Waals surface area contributed by atoms with Crippen molar-refractivity contribution in [3.63, 3.8) is 0 Å². The molecule has 2 fully saturated rings. The van der Waals surface area contributed by atoms with Crippen molar-refractivity contribution < 1.29 is 36.9 Å². The predicted molar refractivity (Wildman–Crippen MR) is 126 cm³/mol. The molecule has 2 aromatic carbocycles. The molecule has 1 aliphatic carbocycles. The Bertz CT molecular complexity index is 1200. The van der Waals surface area contributed by atoms with Crippen molar-refractivity contribution in [1.29, 1.82) is 0 Å². The van der Waals surface area contributed by atoms with Gasteiger partial charge in [-0.2, -0.15) is 0 Å². The van der Waals surface area contributed by atoms with E-state index in [0.717, 1.165) is 54.6 Å². The largest absolute Gasteiger partial charge is 0.573 e. The summed E-state index contributed by atoms with van der Waals surface area (Å²) < 4.78 is 62.2. The molecule has 0 aromatic heterocycles. The number of nitrogens with zero attached hydrogens (tertiary/aromatic N) is 1. The zero-order valence-corrected chi connectivity index (χ0v) is 20.4. The van der Waals surface area contributed by atoms with Crippen LogP contribution in [-0.2, 0) is 6.54 Å². The zero-order valence-electron chi connectivity index (χ0n) is 18.9. The number of allylic oxidation sites excluding steroid dienone is 1. The van der Waals surface area contributed by atoms with E-state index in [4.69, 9.17) is 16.3 Å². The summed E-state index contributed by atoms with van der Waals surface area (Å²) in [5, 5.41) is 9.36. The second-order valence-corrected chi connectivity index (χ2v) is 9.59. The minimum absolute atomic E-state index is 0. The third-order valence-corrected chi connectivity index (χ3v) is 6.83. The lowest BCUT2D eigenvalue weighted by Gasteiger charge is -2.35. The van der Waals surface area contributed by atoms with Crippen molar-refractivity contribution in [1.82, 2.24) is 4.90 Å². The molecule has 36 heavy (non-hydrogen) atoms. The molecule has 0 amide bonds. The summed E-state index contributed by atoms with van der Waals surface area (Å²) in [6.45, 7) is 0.465. The Balaban J connectivity index is 0.00000304. The van der Waals surface area contributed by atoms with E-state index in [-0.39, 0.29) is 46.8 Å². The van der Waals surface area contributed by atoms with Gasteiger partial charge in [-0.1, -0.05) is 11.6 Å².